The fraction of sp³-hybridized carbons (Fsp3) is 0.500. The van der Waals surface area contributed by atoms with Crippen LogP contribution in [-0.4, -0.2) is 33.5 Å². The standard InChI is InChI=1S/C10H15N3O3/c1-2-3-4-5-11-9(14)7-8(10(15)16)13-6-12-7/h6H,2-5H2,1H3,(H,11,14)(H,12,13)(H,15,16). The Bertz CT molecular complexity index is 373. The molecule has 0 aliphatic carbocycles. The Morgan fingerprint density at radius 1 is 1.50 bits per heavy atom. The summed E-state index contributed by atoms with van der Waals surface area (Å²) >= 11 is 0. The molecule has 0 bridgehead atoms. The lowest BCUT2D eigenvalue weighted by atomic mass is 10.2. The number of carboxylic acids is 1. The molecule has 3 N–H and O–H groups in total. The molecule has 0 spiro atoms. The van der Waals surface area contributed by atoms with Crippen LogP contribution in [0.3, 0.4) is 0 Å². The Labute approximate surface area is 93.1 Å². The van der Waals surface area contributed by atoms with Gasteiger partial charge in [0.1, 0.15) is 0 Å². The van der Waals surface area contributed by atoms with Crippen molar-refractivity contribution in [1.29, 1.82) is 0 Å². The maximum atomic E-state index is 11.5. The highest BCUT2D eigenvalue weighted by atomic mass is 16.4. The topological polar surface area (TPSA) is 95.1 Å². The summed E-state index contributed by atoms with van der Waals surface area (Å²) in [5.41, 5.74) is -0.239. The van der Waals surface area contributed by atoms with Crippen LogP contribution in [0.15, 0.2) is 6.33 Å². The number of carbonyl (C=O) groups excluding carboxylic acids is 1. The first-order valence-electron chi connectivity index (χ1n) is 5.21. The van der Waals surface area contributed by atoms with E-state index in [4.69, 9.17) is 5.11 Å². The molecule has 1 heterocycles. The average molecular weight is 225 g/mol. The largest absolute Gasteiger partial charge is 0.477 e. The monoisotopic (exact) mass is 225 g/mol. The third kappa shape index (κ3) is 3.08. The number of imidazole rings is 1. The SMILES string of the molecule is CCCCCNC(=O)c1nc[nH]c1C(=O)O. The van der Waals surface area contributed by atoms with Crippen LogP contribution in [0.4, 0.5) is 0 Å². The second-order valence-corrected chi connectivity index (χ2v) is 3.39. The number of nitrogens with one attached hydrogen (secondary N) is 2. The summed E-state index contributed by atoms with van der Waals surface area (Å²) in [4.78, 5) is 28.4. The lowest BCUT2D eigenvalue weighted by Crippen LogP contribution is -2.26. The minimum Gasteiger partial charge on any atom is -0.477 e. The molecule has 0 saturated heterocycles. The predicted molar refractivity (Wildman–Crippen MR) is 57.4 cm³/mol. The Balaban J connectivity index is 2.53. The maximum absolute atomic E-state index is 11.5. The molecule has 1 aromatic heterocycles. The molecule has 0 fully saturated rings. The lowest BCUT2D eigenvalue weighted by molar-refractivity contribution is 0.0685. The zero-order valence-corrected chi connectivity index (χ0v) is 9.12. The molecule has 1 amide bonds. The van der Waals surface area contributed by atoms with Crippen LogP contribution < -0.4 is 5.32 Å². The molecule has 1 aromatic rings. The van der Waals surface area contributed by atoms with Crippen molar-refractivity contribution in [2.45, 2.75) is 26.2 Å². The van der Waals surface area contributed by atoms with Crippen LogP contribution >= 0.6 is 0 Å². The van der Waals surface area contributed by atoms with Gasteiger partial charge in [-0.1, -0.05) is 19.8 Å². The highest BCUT2D eigenvalue weighted by molar-refractivity contribution is 6.02. The van der Waals surface area contributed by atoms with Gasteiger partial charge in [0.25, 0.3) is 5.91 Å². The van der Waals surface area contributed by atoms with Crippen molar-refractivity contribution in [3.63, 3.8) is 0 Å². The molecule has 0 aliphatic rings. The number of hydrogen-bond donors (Lipinski definition) is 3. The van der Waals surface area contributed by atoms with E-state index in [9.17, 15) is 9.59 Å². The summed E-state index contributed by atoms with van der Waals surface area (Å²) in [7, 11) is 0. The van der Waals surface area contributed by atoms with E-state index in [2.05, 4.69) is 22.2 Å². The Hall–Kier alpha value is -1.85. The average Bonchev–Trinajstić information content (AvgIpc) is 2.73. The zero-order chi connectivity index (χ0) is 12.0. The van der Waals surface area contributed by atoms with Crippen LogP contribution in [0.1, 0.15) is 47.2 Å². The number of aromatic nitrogens is 2. The molecule has 0 atom stereocenters. The minimum absolute atomic E-state index is 0.0657. The maximum Gasteiger partial charge on any atom is 0.354 e. The number of H-pyrrole nitrogens is 1. The number of aromatic carboxylic acids is 1. The van der Waals surface area contributed by atoms with Crippen molar-refractivity contribution in [3.8, 4) is 0 Å². The molecule has 0 aliphatic heterocycles. The molecule has 16 heavy (non-hydrogen) atoms. The number of nitrogens with zero attached hydrogens (tertiary/aromatic N) is 1. The summed E-state index contributed by atoms with van der Waals surface area (Å²) in [5, 5.41) is 11.4. The number of amides is 1. The molecule has 6 heteroatoms. The molecular weight excluding hydrogens is 210 g/mol. The van der Waals surface area contributed by atoms with Crippen molar-refractivity contribution in [1.82, 2.24) is 15.3 Å². The predicted octanol–water partition coefficient (Wildman–Crippen LogP) is 1.03. The van der Waals surface area contributed by atoms with Crippen molar-refractivity contribution >= 4 is 11.9 Å². The normalized spacial score (nSPS) is 10.1. The molecule has 6 nitrogen and oxygen atoms in total. The van der Waals surface area contributed by atoms with Gasteiger partial charge in [-0.3, -0.25) is 4.79 Å². The number of hydrogen-bond acceptors (Lipinski definition) is 3. The van der Waals surface area contributed by atoms with Crippen LogP contribution in [0.5, 0.6) is 0 Å². The first-order valence-corrected chi connectivity index (χ1v) is 5.21. The zero-order valence-electron chi connectivity index (χ0n) is 9.12. The summed E-state index contributed by atoms with van der Waals surface area (Å²) in [6, 6.07) is 0. The summed E-state index contributed by atoms with van der Waals surface area (Å²) in [6.45, 7) is 2.61. The van der Waals surface area contributed by atoms with E-state index in [1.54, 1.807) is 0 Å². The minimum atomic E-state index is -1.18. The molecule has 0 radical (unpaired) electrons. The first kappa shape index (κ1) is 12.2. The van der Waals surface area contributed by atoms with Gasteiger partial charge in [-0.15, -0.1) is 0 Å². The Kier molecular flexibility index (Phi) is 4.50. The van der Waals surface area contributed by atoms with Crippen molar-refractivity contribution in [3.05, 3.63) is 17.7 Å². The molecular formula is C10H15N3O3. The van der Waals surface area contributed by atoms with Gasteiger partial charge >= 0.3 is 5.97 Å². The third-order valence-electron chi connectivity index (χ3n) is 2.13. The number of unbranched alkanes of at least 4 members (excludes halogenated alkanes) is 2. The lowest BCUT2D eigenvalue weighted by Gasteiger charge is -2.02. The quantitative estimate of drug-likeness (QED) is 0.630. The summed E-state index contributed by atoms with van der Waals surface area (Å²) in [5.74, 6) is -1.63. The van der Waals surface area contributed by atoms with Crippen molar-refractivity contribution < 1.29 is 14.7 Å². The number of aromatic amines is 1. The van der Waals surface area contributed by atoms with Crippen LogP contribution in [0.25, 0.3) is 0 Å². The van der Waals surface area contributed by atoms with E-state index < -0.39 is 11.9 Å². The Morgan fingerprint density at radius 3 is 2.88 bits per heavy atom. The second kappa shape index (κ2) is 5.89. The van der Waals surface area contributed by atoms with E-state index in [0.717, 1.165) is 19.3 Å². The second-order valence-electron chi connectivity index (χ2n) is 3.39. The van der Waals surface area contributed by atoms with E-state index in [1.807, 2.05) is 0 Å². The van der Waals surface area contributed by atoms with Crippen molar-refractivity contribution in [2.24, 2.45) is 0 Å². The molecule has 88 valence electrons. The fourth-order valence-electron chi connectivity index (χ4n) is 1.29. The van der Waals surface area contributed by atoms with Gasteiger partial charge in [-0.25, -0.2) is 9.78 Å². The smallest absolute Gasteiger partial charge is 0.354 e. The van der Waals surface area contributed by atoms with Gasteiger partial charge in [0.2, 0.25) is 0 Å². The van der Waals surface area contributed by atoms with Crippen LogP contribution in [0, 0.1) is 0 Å². The number of rotatable bonds is 6. The van der Waals surface area contributed by atoms with Gasteiger partial charge in [0, 0.05) is 6.54 Å². The van der Waals surface area contributed by atoms with Gasteiger partial charge in [0.15, 0.2) is 11.4 Å². The van der Waals surface area contributed by atoms with E-state index in [1.165, 1.54) is 6.33 Å². The molecule has 0 unspecified atom stereocenters. The fourth-order valence-corrected chi connectivity index (χ4v) is 1.29. The van der Waals surface area contributed by atoms with E-state index in [0.29, 0.717) is 6.54 Å². The van der Waals surface area contributed by atoms with E-state index >= 15 is 0 Å². The van der Waals surface area contributed by atoms with Gasteiger partial charge in [-0.2, -0.15) is 0 Å². The van der Waals surface area contributed by atoms with Gasteiger partial charge in [-0.05, 0) is 6.42 Å². The first-order chi connectivity index (χ1) is 7.66. The summed E-state index contributed by atoms with van der Waals surface area (Å²) in [6.07, 6.45) is 4.19. The van der Waals surface area contributed by atoms with Crippen LogP contribution in [-0.2, 0) is 0 Å². The number of carboxylic acid groups (broad SMARTS) is 1. The van der Waals surface area contributed by atoms with Gasteiger partial charge in [0.05, 0.1) is 6.33 Å². The van der Waals surface area contributed by atoms with Crippen LogP contribution in [0.2, 0.25) is 0 Å². The highest BCUT2D eigenvalue weighted by Crippen LogP contribution is 2.02. The molecule has 0 aromatic carbocycles. The third-order valence-corrected chi connectivity index (χ3v) is 2.13. The van der Waals surface area contributed by atoms with E-state index in [-0.39, 0.29) is 11.4 Å². The molecule has 0 saturated carbocycles. The summed E-state index contributed by atoms with van der Waals surface area (Å²) < 4.78 is 0. The van der Waals surface area contributed by atoms with Gasteiger partial charge < -0.3 is 15.4 Å². The highest BCUT2D eigenvalue weighted by Gasteiger charge is 2.18. The Morgan fingerprint density at radius 2 is 2.25 bits per heavy atom. The number of carbonyl (C=O) groups is 2. The molecule has 1 rings (SSSR count). The van der Waals surface area contributed by atoms with Crippen molar-refractivity contribution in [2.75, 3.05) is 6.54 Å².